The molecule has 0 aliphatic carbocycles. The second-order valence-corrected chi connectivity index (χ2v) is 4.55. The molecule has 0 saturated heterocycles. The van der Waals surface area contributed by atoms with Crippen LogP contribution >= 0.6 is 11.8 Å². The van der Waals surface area contributed by atoms with E-state index in [1.54, 1.807) is 11.6 Å². The summed E-state index contributed by atoms with van der Waals surface area (Å²) in [6, 6.07) is 4.13. The second kappa shape index (κ2) is 5.06. The lowest BCUT2D eigenvalue weighted by molar-refractivity contribution is -0.388. The molecule has 0 unspecified atom stereocenters. The third-order valence-electron chi connectivity index (χ3n) is 2.28. The average molecular weight is 280 g/mol. The topological polar surface area (TPSA) is 111 Å². The van der Waals surface area contributed by atoms with Gasteiger partial charge in [-0.15, -0.1) is 10.2 Å². The smallest absolute Gasteiger partial charge is 0.342 e. The van der Waals surface area contributed by atoms with Crippen molar-refractivity contribution in [3.05, 3.63) is 40.2 Å². The van der Waals surface area contributed by atoms with Gasteiger partial charge >= 0.3 is 5.97 Å². The van der Waals surface area contributed by atoms with E-state index in [9.17, 15) is 14.9 Å². The molecule has 1 aromatic heterocycles. The maximum absolute atomic E-state index is 11.0. The van der Waals surface area contributed by atoms with Crippen molar-refractivity contribution >= 4 is 23.4 Å². The molecule has 1 aromatic carbocycles. The predicted molar refractivity (Wildman–Crippen MR) is 65.2 cm³/mol. The first kappa shape index (κ1) is 13.0. The highest BCUT2D eigenvalue weighted by Gasteiger charge is 2.25. The van der Waals surface area contributed by atoms with Crippen molar-refractivity contribution in [2.24, 2.45) is 7.05 Å². The normalized spacial score (nSPS) is 10.4. The minimum atomic E-state index is -1.34. The molecule has 2 aromatic rings. The van der Waals surface area contributed by atoms with Crippen molar-refractivity contribution in [2.45, 2.75) is 10.1 Å². The van der Waals surface area contributed by atoms with Crippen LogP contribution in [0.25, 0.3) is 0 Å². The molecule has 1 heterocycles. The summed E-state index contributed by atoms with van der Waals surface area (Å²) < 4.78 is 1.59. The Labute approximate surface area is 111 Å². The lowest BCUT2D eigenvalue weighted by atomic mass is 10.2. The Morgan fingerprint density at radius 1 is 1.53 bits per heavy atom. The maximum Gasteiger partial charge on any atom is 0.342 e. The van der Waals surface area contributed by atoms with Crippen LogP contribution in [-0.4, -0.2) is 30.8 Å². The summed E-state index contributed by atoms with van der Waals surface area (Å²) in [6.45, 7) is 0. The van der Waals surface area contributed by atoms with Gasteiger partial charge in [-0.1, -0.05) is 6.07 Å². The number of rotatable bonds is 4. The van der Waals surface area contributed by atoms with Gasteiger partial charge in [0, 0.05) is 7.05 Å². The molecule has 0 bridgehead atoms. The Bertz CT molecular complexity index is 655. The van der Waals surface area contributed by atoms with Gasteiger partial charge in [-0.25, -0.2) is 4.79 Å². The Kier molecular flexibility index (Phi) is 3.47. The number of aryl methyl sites for hydroxylation is 1. The molecule has 19 heavy (non-hydrogen) atoms. The molecule has 0 atom stereocenters. The molecule has 0 aliphatic rings. The Morgan fingerprint density at radius 2 is 2.26 bits per heavy atom. The number of carboxylic acids is 1. The van der Waals surface area contributed by atoms with Gasteiger partial charge < -0.3 is 9.67 Å². The van der Waals surface area contributed by atoms with Crippen LogP contribution in [0.3, 0.4) is 0 Å². The first-order valence-electron chi connectivity index (χ1n) is 5.03. The van der Waals surface area contributed by atoms with E-state index in [0.29, 0.717) is 5.16 Å². The monoisotopic (exact) mass is 280 g/mol. The zero-order chi connectivity index (χ0) is 14.0. The average Bonchev–Trinajstić information content (AvgIpc) is 2.74. The number of hydrogen-bond donors (Lipinski definition) is 1. The van der Waals surface area contributed by atoms with Gasteiger partial charge in [0.1, 0.15) is 11.9 Å². The molecule has 0 spiro atoms. The number of aromatic nitrogens is 3. The van der Waals surface area contributed by atoms with Crippen molar-refractivity contribution < 1.29 is 14.8 Å². The van der Waals surface area contributed by atoms with Crippen molar-refractivity contribution in [2.75, 3.05) is 0 Å². The molecule has 1 N–H and O–H groups in total. The lowest BCUT2D eigenvalue weighted by Gasteiger charge is -2.04. The van der Waals surface area contributed by atoms with Crippen LogP contribution < -0.4 is 0 Å². The second-order valence-electron chi connectivity index (χ2n) is 3.54. The van der Waals surface area contributed by atoms with Gasteiger partial charge in [-0.3, -0.25) is 10.1 Å². The molecule has 0 fully saturated rings. The molecular formula is C10H8N4O4S. The first-order valence-corrected chi connectivity index (χ1v) is 5.85. The highest BCUT2D eigenvalue weighted by atomic mass is 32.2. The molecular weight excluding hydrogens is 272 g/mol. The van der Waals surface area contributed by atoms with Crippen LogP contribution in [0.4, 0.5) is 5.69 Å². The number of hydrogen-bond acceptors (Lipinski definition) is 6. The van der Waals surface area contributed by atoms with Gasteiger partial charge in [-0.05, 0) is 23.9 Å². The Hall–Kier alpha value is -2.42. The number of benzene rings is 1. The van der Waals surface area contributed by atoms with Crippen LogP contribution in [0, 0.1) is 10.1 Å². The SMILES string of the molecule is Cn1cnnc1Sc1cccc(C(=O)O)c1[N+](=O)[O-]. The summed E-state index contributed by atoms with van der Waals surface area (Å²) >= 11 is 0.992. The number of para-hydroxylation sites is 1. The molecule has 8 nitrogen and oxygen atoms in total. The fourth-order valence-corrected chi connectivity index (χ4v) is 2.33. The van der Waals surface area contributed by atoms with E-state index in [1.807, 2.05) is 0 Å². The van der Waals surface area contributed by atoms with Crippen molar-refractivity contribution in [3.8, 4) is 0 Å². The molecule has 0 saturated carbocycles. The fourth-order valence-electron chi connectivity index (χ4n) is 1.43. The minimum Gasteiger partial charge on any atom is -0.477 e. The van der Waals surface area contributed by atoms with E-state index in [2.05, 4.69) is 10.2 Å². The van der Waals surface area contributed by atoms with Gasteiger partial charge in [0.25, 0.3) is 5.69 Å². The summed E-state index contributed by atoms with van der Waals surface area (Å²) in [5.41, 5.74) is -0.792. The molecule has 2 rings (SSSR count). The van der Waals surface area contributed by atoms with Crippen LogP contribution in [0.5, 0.6) is 0 Å². The maximum atomic E-state index is 11.0. The van der Waals surface area contributed by atoms with Gasteiger partial charge in [0.05, 0.1) is 9.82 Å². The first-order chi connectivity index (χ1) is 9.00. The summed E-state index contributed by atoms with van der Waals surface area (Å²) in [4.78, 5) is 21.6. The van der Waals surface area contributed by atoms with Crippen LogP contribution in [0.15, 0.2) is 34.6 Å². The van der Waals surface area contributed by atoms with Gasteiger partial charge in [-0.2, -0.15) is 0 Å². The highest BCUT2D eigenvalue weighted by Crippen LogP contribution is 2.35. The van der Waals surface area contributed by atoms with Crippen molar-refractivity contribution in [1.82, 2.24) is 14.8 Å². The third kappa shape index (κ3) is 2.55. The zero-order valence-electron chi connectivity index (χ0n) is 9.68. The van der Waals surface area contributed by atoms with E-state index in [0.717, 1.165) is 11.8 Å². The standard InChI is InChI=1S/C10H8N4O4S/c1-13-5-11-12-10(13)19-7-4-2-3-6(9(15)16)8(7)14(17)18/h2-5H,1H3,(H,15,16). The fraction of sp³-hybridized carbons (Fsp3) is 0.100. The largest absolute Gasteiger partial charge is 0.477 e. The van der Waals surface area contributed by atoms with Crippen LogP contribution in [0.1, 0.15) is 10.4 Å². The number of carboxylic acid groups (broad SMARTS) is 1. The molecule has 98 valence electrons. The number of nitro groups is 1. The Morgan fingerprint density at radius 3 is 2.79 bits per heavy atom. The van der Waals surface area contributed by atoms with E-state index < -0.39 is 16.6 Å². The van der Waals surface area contributed by atoms with E-state index >= 15 is 0 Å². The van der Waals surface area contributed by atoms with E-state index in [1.165, 1.54) is 24.5 Å². The highest BCUT2D eigenvalue weighted by molar-refractivity contribution is 7.99. The van der Waals surface area contributed by atoms with E-state index in [4.69, 9.17) is 5.11 Å². The van der Waals surface area contributed by atoms with Gasteiger partial charge in [0.15, 0.2) is 5.16 Å². The van der Waals surface area contributed by atoms with Crippen LogP contribution in [-0.2, 0) is 7.05 Å². The Balaban J connectivity index is 2.51. The van der Waals surface area contributed by atoms with Gasteiger partial charge in [0.2, 0.25) is 0 Å². The number of aromatic carboxylic acids is 1. The summed E-state index contributed by atoms with van der Waals surface area (Å²) in [5, 5.41) is 27.9. The molecule has 0 radical (unpaired) electrons. The molecule has 0 amide bonds. The summed E-state index contributed by atoms with van der Waals surface area (Å²) in [5.74, 6) is -1.34. The number of nitro benzene ring substituents is 1. The zero-order valence-corrected chi connectivity index (χ0v) is 10.5. The third-order valence-corrected chi connectivity index (χ3v) is 3.38. The quantitative estimate of drug-likeness (QED) is 0.668. The lowest BCUT2D eigenvalue weighted by Crippen LogP contribution is -2.04. The van der Waals surface area contributed by atoms with E-state index in [-0.39, 0.29) is 10.5 Å². The molecule has 9 heteroatoms. The predicted octanol–water partition coefficient (Wildman–Crippen LogP) is 1.57. The summed E-state index contributed by atoms with van der Waals surface area (Å²) in [7, 11) is 1.69. The van der Waals surface area contributed by atoms with Crippen molar-refractivity contribution in [1.29, 1.82) is 0 Å². The number of carbonyl (C=O) groups is 1. The van der Waals surface area contributed by atoms with Crippen molar-refractivity contribution in [3.63, 3.8) is 0 Å². The van der Waals surface area contributed by atoms with Crippen LogP contribution in [0.2, 0.25) is 0 Å². The molecule has 0 aliphatic heterocycles. The summed E-state index contributed by atoms with van der Waals surface area (Å²) in [6.07, 6.45) is 1.45. The minimum absolute atomic E-state index is 0.209. The number of nitrogens with zero attached hydrogens (tertiary/aromatic N) is 4.